The second-order valence-electron chi connectivity index (χ2n) is 7.30. The van der Waals surface area contributed by atoms with E-state index in [1.807, 2.05) is 6.92 Å². The van der Waals surface area contributed by atoms with Crippen molar-refractivity contribution >= 4 is 6.08 Å². The van der Waals surface area contributed by atoms with Crippen LogP contribution in [0.2, 0.25) is 0 Å². The number of hydrogen-bond acceptors (Lipinski definition) is 4. The van der Waals surface area contributed by atoms with Crippen LogP contribution >= 0.6 is 0 Å². The minimum Gasteiger partial charge on any atom is -0.440 e. The van der Waals surface area contributed by atoms with E-state index in [0.717, 1.165) is 17.7 Å². The maximum absolute atomic E-state index is 14.7. The van der Waals surface area contributed by atoms with Gasteiger partial charge in [-0.25, -0.2) is 8.78 Å². The molecule has 6 heteroatoms. The van der Waals surface area contributed by atoms with E-state index in [-0.39, 0.29) is 17.3 Å². The van der Waals surface area contributed by atoms with Crippen LogP contribution in [0.1, 0.15) is 24.0 Å². The Bertz CT molecular complexity index is 1130. The molecule has 0 saturated carbocycles. The Morgan fingerprint density at radius 2 is 1.83 bits per heavy atom. The zero-order chi connectivity index (χ0) is 21.3. The summed E-state index contributed by atoms with van der Waals surface area (Å²) in [7, 11) is 0. The van der Waals surface area contributed by atoms with Gasteiger partial charge >= 0.3 is 0 Å². The number of nitrogens with two attached hydrogens (primary N) is 1. The molecular formula is C24H21F2N3O. The van der Waals surface area contributed by atoms with Crippen molar-refractivity contribution in [2.24, 2.45) is 5.73 Å². The fourth-order valence-corrected chi connectivity index (χ4v) is 4.01. The third kappa shape index (κ3) is 3.49. The van der Waals surface area contributed by atoms with Gasteiger partial charge in [0.05, 0.1) is 5.92 Å². The largest absolute Gasteiger partial charge is 0.440 e. The van der Waals surface area contributed by atoms with Crippen molar-refractivity contribution in [2.45, 2.75) is 12.8 Å². The summed E-state index contributed by atoms with van der Waals surface area (Å²) in [5, 5.41) is 9.74. The first-order valence-corrected chi connectivity index (χ1v) is 9.76. The van der Waals surface area contributed by atoms with E-state index in [4.69, 9.17) is 10.5 Å². The zero-order valence-corrected chi connectivity index (χ0v) is 16.5. The van der Waals surface area contributed by atoms with E-state index in [9.17, 15) is 14.0 Å². The number of nitrogens with zero attached hydrogens (tertiary/aromatic N) is 2. The van der Waals surface area contributed by atoms with Crippen LogP contribution in [0.3, 0.4) is 0 Å². The Morgan fingerprint density at radius 3 is 2.50 bits per heavy atom. The summed E-state index contributed by atoms with van der Waals surface area (Å²) in [6, 6.07) is 14.9. The summed E-state index contributed by atoms with van der Waals surface area (Å²) in [6.45, 7) is 3.78. The normalized spacial score (nSPS) is 20.7. The number of benzene rings is 2. The summed E-state index contributed by atoms with van der Waals surface area (Å²) >= 11 is 0. The maximum atomic E-state index is 14.7. The fraction of sp³-hybridized carbons (Fsp3) is 0.208. The molecule has 2 aromatic rings. The third-order valence-electron chi connectivity index (χ3n) is 5.50. The number of ether oxygens (including phenoxy) is 1. The molecule has 0 saturated heterocycles. The molecule has 0 fully saturated rings. The molecule has 2 N–H and O–H groups in total. The minimum absolute atomic E-state index is 0.0473. The Hall–Kier alpha value is -3.43. The molecule has 0 aliphatic carbocycles. The predicted molar refractivity (Wildman–Crippen MR) is 111 cm³/mol. The summed E-state index contributed by atoms with van der Waals surface area (Å²) in [5.41, 5.74) is 8.56. The van der Waals surface area contributed by atoms with E-state index >= 15 is 0 Å². The Labute approximate surface area is 174 Å². The number of rotatable bonds is 3. The Morgan fingerprint density at radius 1 is 1.13 bits per heavy atom. The molecule has 1 atom stereocenters. The van der Waals surface area contributed by atoms with Crippen molar-refractivity contribution in [3.8, 4) is 6.07 Å². The molecule has 30 heavy (non-hydrogen) atoms. The SMILES string of the molecule is CCN1CC2=C(OC(N)=C(C#N)C2c2ccccc2F)/C(=C/c2ccccc2F)C1. The van der Waals surface area contributed by atoms with Gasteiger partial charge in [0.2, 0.25) is 5.88 Å². The van der Waals surface area contributed by atoms with E-state index < -0.39 is 11.7 Å². The quantitative estimate of drug-likeness (QED) is 0.820. The van der Waals surface area contributed by atoms with Gasteiger partial charge in [0.1, 0.15) is 29.0 Å². The second kappa shape index (κ2) is 8.13. The van der Waals surface area contributed by atoms with E-state index in [1.165, 1.54) is 12.1 Å². The molecule has 0 radical (unpaired) electrons. The van der Waals surface area contributed by atoms with Gasteiger partial charge in [0.15, 0.2) is 0 Å². The standard InChI is InChI=1S/C24H21F2N3O/c1-2-29-13-16(11-15-7-3-5-9-20(15)25)23-19(14-29)22(18(12-27)24(28)30-23)17-8-4-6-10-21(17)26/h3-11,22H,2,13-14,28H2,1H3/b16-11+. The first kappa shape index (κ1) is 19.9. The average molecular weight is 405 g/mol. The number of halogens is 2. The van der Waals surface area contributed by atoms with E-state index in [1.54, 1.807) is 42.5 Å². The smallest absolute Gasteiger partial charge is 0.205 e. The van der Waals surface area contributed by atoms with Crippen LogP contribution in [0.5, 0.6) is 0 Å². The van der Waals surface area contributed by atoms with Gasteiger partial charge in [-0.3, -0.25) is 4.90 Å². The van der Waals surface area contributed by atoms with Crippen molar-refractivity contribution in [1.82, 2.24) is 4.90 Å². The van der Waals surface area contributed by atoms with Gasteiger partial charge in [-0.1, -0.05) is 43.3 Å². The van der Waals surface area contributed by atoms with Crippen LogP contribution in [0.4, 0.5) is 8.78 Å². The number of allylic oxidation sites excluding steroid dienone is 1. The first-order valence-electron chi connectivity index (χ1n) is 9.76. The highest BCUT2D eigenvalue weighted by Crippen LogP contribution is 2.44. The van der Waals surface area contributed by atoms with Gasteiger partial charge in [-0.2, -0.15) is 5.26 Å². The molecule has 2 aliphatic heterocycles. The zero-order valence-electron chi connectivity index (χ0n) is 16.5. The van der Waals surface area contributed by atoms with Gasteiger partial charge in [0, 0.05) is 29.8 Å². The highest BCUT2D eigenvalue weighted by molar-refractivity contribution is 5.63. The van der Waals surface area contributed by atoms with Crippen LogP contribution < -0.4 is 5.73 Å². The molecule has 2 heterocycles. The molecule has 2 aromatic carbocycles. The topological polar surface area (TPSA) is 62.3 Å². The summed E-state index contributed by atoms with van der Waals surface area (Å²) in [6.07, 6.45) is 1.73. The molecule has 0 bridgehead atoms. The fourth-order valence-electron chi connectivity index (χ4n) is 4.01. The van der Waals surface area contributed by atoms with Gasteiger partial charge in [0.25, 0.3) is 0 Å². The minimum atomic E-state index is -0.654. The van der Waals surface area contributed by atoms with Gasteiger partial charge in [-0.05, 0) is 30.3 Å². The number of nitriles is 1. The first-order chi connectivity index (χ1) is 14.5. The lowest BCUT2D eigenvalue weighted by molar-refractivity contribution is 0.238. The van der Waals surface area contributed by atoms with Crippen molar-refractivity contribution in [3.63, 3.8) is 0 Å². The lowest BCUT2D eigenvalue weighted by Gasteiger charge is -2.38. The number of likely N-dealkylation sites (N-methyl/N-ethyl adjacent to an activating group) is 1. The lowest BCUT2D eigenvalue weighted by atomic mass is 9.80. The lowest BCUT2D eigenvalue weighted by Crippen LogP contribution is -2.38. The van der Waals surface area contributed by atoms with Crippen molar-refractivity contribution < 1.29 is 13.5 Å². The summed E-state index contributed by atoms with van der Waals surface area (Å²) < 4.78 is 34.9. The molecule has 4 rings (SSSR count). The predicted octanol–water partition coefficient (Wildman–Crippen LogP) is 4.45. The van der Waals surface area contributed by atoms with E-state index in [0.29, 0.717) is 30.0 Å². The molecule has 0 spiro atoms. The summed E-state index contributed by atoms with van der Waals surface area (Å²) in [5.74, 6) is -0.964. The van der Waals surface area contributed by atoms with Crippen LogP contribution in [0.25, 0.3) is 6.08 Å². The van der Waals surface area contributed by atoms with Crippen LogP contribution in [-0.4, -0.2) is 24.5 Å². The van der Waals surface area contributed by atoms with Crippen molar-refractivity contribution in [2.75, 3.05) is 19.6 Å². The van der Waals surface area contributed by atoms with Crippen LogP contribution in [0, 0.1) is 23.0 Å². The molecular weight excluding hydrogens is 384 g/mol. The van der Waals surface area contributed by atoms with Crippen molar-refractivity contribution in [1.29, 1.82) is 5.26 Å². The third-order valence-corrected chi connectivity index (χ3v) is 5.50. The molecule has 152 valence electrons. The van der Waals surface area contributed by atoms with Gasteiger partial charge < -0.3 is 10.5 Å². The molecule has 0 aromatic heterocycles. The van der Waals surface area contributed by atoms with Crippen LogP contribution in [0.15, 0.2) is 76.9 Å². The summed E-state index contributed by atoms with van der Waals surface area (Å²) in [4.78, 5) is 2.14. The molecule has 0 amide bonds. The Balaban J connectivity index is 1.92. The van der Waals surface area contributed by atoms with Gasteiger partial charge in [-0.15, -0.1) is 0 Å². The monoisotopic (exact) mass is 405 g/mol. The van der Waals surface area contributed by atoms with E-state index in [2.05, 4.69) is 11.0 Å². The Kier molecular flexibility index (Phi) is 5.39. The average Bonchev–Trinajstić information content (AvgIpc) is 2.75. The molecule has 2 aliphatic rings. The molecule has 1 unspecified atom stereocenters. The second-order valence-corrected chi connectivity index (χ2v) is 7.30. The maximum Gasteiger partial charge on any atom is 0.205 e. The molecule has 4 nitrogen and oxygen atoms in total. The highest BCUT2D eigenvalue weighted by atomic mass is 19.1. The van der Waals surface area contributed by atoms with Crippen LogP contribution in [-0.2, 0) is 4.74 Å². The highest BCUT2D eigenvalue weighted by Gasteiger charge is 2.38. The van der Waals surface area contributed by atoms with Crippen molar-refractivity contribution in [3.05, 3.63) is 99.7 Å². The number of hydrogen-bond donors (Lipinski definition) is 1.